The van der Waals surface area contributed by atoms with Gasteiger partial charge in [-0.15, -0.1) is 0 Å². The van der Waals surface area contributed by atoms with Gasteiger partial charge in [0.2, 0.25) is 0 Å². The maximum atomic E-state index is 14.3. The molecular formula is C25H26F3NO2. The van der Waals surface area contributed by atoms with Crippen LogP contribution in [0.15, 0.2) is 54.7 Å². The number of halogens is 3. The van der Waals surface area contributed by atoms with Crippen molar-refractivity contribution < 1.29 is 23.0 Å². The fourth-order valence-electron chi connectivity index (χ4n) is 4.64. The molecule has 1 atom stereocenters. The third kappa shape index (κ3) is 4.13. The maximum Gasteiger partial charge on any atom is 0.417 e. The largest absolute Gasteiger partial charge is 0.493 e. The van der Waals surface area contributed by atoms with Crippen LogP contribution in [0.3, 0.4) is 0 Å². The third-order valence-electron chi connectivity index (χ3n) is 6.15. The fraction of sp³-hybridized carbons (Fsp3) is 0.400. The van der Waals surface area contributed by atoms with E-state index in [1.807, 2.05) is 18.2 Å². The van der Waals surface area contributed by atoms with Crippen LogP contribution in [0.25, 0.3) is 10.9 Å². The van der Waals surface area contributed by atoms with Crippen molar-refractivity contribution in [3.63, 3.8) is 0 Å². The van der Waals surface area contributed by atoms with Gasteiger partial charge in [0.05, 0.1) is 12.1 Å². The van der Waals surface area contributed by atoms with Gasteiger partial charge in [-0.1, -0.05) is 50.2 Å². The van der Waals surface area contributed by atoms with Crippen molar-refractivity contribution in [1.82, 2.24) is 4.98 Å². The average Bonchev–Trinajstić information content (AvgIpc) is 2.72. The Kier molecular flexibility index (Phi) is 5.46. The van der Waals surface area contributed by atoms with E-state index in [0.717, 1.165) is 18.4 Å². The SMILES string of the molecule is CC(C)(CC(O)(Cc1ccnc2ccccc12)C(F)(F)F)c1cccc2c1OCCC2. The van der Waals surface area contributed by atoms with Crippen molar-refractivity contribution in [2.24, 2.45) is 0 Å². The second kappa shape index (κ2) is 7.83. The number of hydrogen-bond donors (Lipinski definition) is 1. The summed E-state index contributed by atoms with van der Waals surface area (Å²) >= 11 is 0. The van der Waals surface area contributed by atoms with Crippen molar-refractivity contribution >= 4 is 10.9 Å². The second-order valence-electron chi connectivity index (χ2n) is 9.00. The summed E-state index contributed by atoms with van der Waals surface area (Å²) in [4.78, 5) is 4.23. The quantitative estimate of drug-likeness (QED) is 0.560. The molecule has 0 aliphatic carbocycles. The van der Waals surface area contributed by atoms with Crippen LogP contribution in [0.1, 0.15) is 43.4 Å². The Morgan fingerprint density at radius 1 is 1.03 bits per heavy atom. The Bertz CT molecular complexity index is 1090. The summed E-state index contributed by atoms with van der Waals surface area (Å²) in [6.07, 6.45) is -2.62. The summed E-state index contributed by atoms with van der Waals surface area (Å²) < 4.78 is 48.7. The lowest BCUT2D eigenvalue weighted by Gasteiger charge is -2.39. The van der Waals surface area contributed by atoms with Crippen molar-refractivity contribution in [2.45, 2.75) is 56.7 Å². The van der Waals surface area contributed by atoms with E-state index in [2.05, 4.69) is 4.98 Å². The highest BCUT2D eigenvalue weighted by molar-refractivity contribution is 5.81. The van der Waals surface area contributed by atoms with E-state index in [1.54, 1.807) is 44.2 Å². The van der Waals surface area contributed by atoms with Crippen molar-refractivity contribution in [3.8, 4) is 5.75 Å². The van der Waals surface area contributed by atoms with Gasteiger partial charge in [-0.3, -0.25) is 4.98 Å². The molecule has 2 aromatic carbocycles. The minimum Gasteiger partial charge on any atom is -0.493 e. The molecule has 1 aliphatic rings. The first-order valence-corrected chi connectivity index (χ1v) is 10.5. The van der Waals surface area contributed by atoms with Crippen LogP contribution in [0.5, 0.6) is 5.75 Å². The second-order valence-corrected chi connectivity index (χ2v) is 9.00. The number of fused-ring (bicyclic) bond motifs is 2. The molecule has 0 bridgehead atoms. The molecule has 0 fully saturated rings. The molecule has 1 aliphatic heterocycles. The Balaban J connectivity index is 1.73. The molecule has 0 radical (unpaired) electrons. The third-order valence-corrected chi connectivity index (χ3v) is 6.15. The highest BCUT2D eigenvalue weighted by atomic mass is 19.4. The molecule has 6 heteroatoms. The normalized spacial score (nSPS) is 16.5. The smallest absolute Gasteiger partial charge is 0.417 e. The topological polar surface area (TPSA) is 42.4 Å². The van der Waals surface area contributed by atoms with Crippen LogP contribution >= 0.6 is 0 Å². The molecule has 2 heterocycles. The lowest BCUT2D eigenvalue weighted by atomic mass is 9.72. The molecule has 0 amide bonds. The minimum atomic E-state index is -4.80. The van der Waals surface area contributed by atoms with E-state index in [9.17, 15) is 18.3 Å². The number of para-hydroxylation sites is 2. The predicted molar refractivity (Wildman–Crippen MR) is 114 cm³/mol. The molecule has 3 aromatic rings. The lowest BCUT2D eigenvalue weighted by molar-refractivity contribution is -0.266. The number of nitrogens with zero attached hydrogens (tertiary/aromatic N) is 1. The van der Waals surface area contributed by atoms with Gasteiger partial charge in [0.15, 0.2) is 5.60 Å². The number of hydrogen-bond acceptors (Lipinski definition) is 3. The zero-order valence-corrected chi connectivity index (χ0v) is 17.7. The molecule has 0 saturated heterocycles. The number of benzene rings is 2. The summed E-state index contributed by atoms with van der Waals surface area (Å²) in [6, 6.07) is 14.2. The Morgan fingerprint density at radius 2 is 1.81 bits per heavy atom. The van der Waals surface area contributed by atoms with Gasteiger partial charge in [-0.2, -0.15) is 13.2 Å². The van der Waals surface area contributed by atoms with E-state index in [-0.39, 0.29) is 0 Å². The number of aromatic nitrogens is 1. The van der Waals surface area contributed by atoms with Gasteiger partial charge in [0, 0.05) is 23.6 Å². The van der Waals surface area contributed by atoms with Crippen LogP contribution < -0.4 is 4.74 Å². The Hall–Kier alpha value is -2.60. The summed E-state index contributed by atoms with van der Waals surface area (Å²) in [7, 11) is 0. The van der Waals surface area contributed by atoms with Gasteiger partial charge in [-0.25, -0.2) is 0 Å². The van der Waals surface area contributed by atoms with Gasteiger partial charge < -0.3 is 9.84 Å². The monoisotopic (exact) mass is 429 g/mol. The standard InChI is InChI=1S/C25H26F3NO2/c1-23(2,20-10-5-7-17-8-6-14-31-22(17)20)16-24(30,25(26,27)28)15-18-12-13-29-21-11-4-3-9-19(18)21/h3-5,7,9-13,30H,6,8,14-16H2,1-2H3. The first-order valence-electron chi connectivity index (χ1n) is 10.5. The summed E-state index contributed by atoms with van der Waals surface area (Å²) in [5, 5.41) is 11.7. The summed E-state index contributed by atoms with van der Waals surface area (Å²) in [6.45, 7) is 4.02. The predicted octanol–water partition coefficient (Wildman–Crippen LogP) is 5.76. The van der Waals surface area contributed by atoms with Crippen LogP contribution in [0.4, 0.5) is 13.2 Å². The van der Waals surface area contributed by atoms with E-state index < -0.39 is 30.0 Å². The van der Waals surface area contributed by atoms with Gasteiger partial charge in [0.1, 0.15) is 5.75 Å². The van der Waals surface area contributed by atoms with Crippen molar-refractivity contribution in [2.75, 3.05) is 6.61 Å². The lowest BCUT2D eigenvalue weighted by Crippen LogP contribution is -2.51. The Morgan fingerprint density at radius 3 is 2.58 bits per heavy atom. The van der Waals surface area contributed by atoms with E-state index in [4.69, 9.17) is 4.74 Å². The molecule has 4 rings (SSSR count). The molecular weight excluding hydrogens is 403 g/mol. The molecule has 1 unspecified atom stereocenters. The molecule has 164 valence electrons. The molecule has 31 heavy (non-hydrogen) atoms. The average molecular weight is 429 g/mol. The van der Waals surface area contributed by atoms with Crippen LogP contribution in [0.2, 0.25) is 0 Å². The molecule has 1 aromatic heterocycles. The van der Waals surface area contributed by atoms with Crippen molar-refractivity contribution in [1.29, 1.82) is 0 Å². The van der Waals surface area contributed by atoms with Gasteiger partial charge in [-0.05, 0) is 47.9 Å². The number of aliphatic hydroxyl groups is 1. The summed E-state index contributed by atoms with van der Waals surface area (Å²) in [5.41, 5.74) is -1.13. The molecule has 1 N–H and O–H groups in total. The minimum absolute atomic E-state index is 0.424. The number of ether oxygens (including phenoxy) is 1. The van der Waals surface area contributed by atoms with Gasteiger partial charge >= 0.3 is 6.18 Å². The highest BCUT2D eigenvalue weighted by Crippen LogP contribution is 2.46. The number of pyridine rings is 1. The molecule has 0 spiro atoms. The van der Waals surface area contributed by atoms with Crippen LogP contribution in [0, 0.1) is 0 Å². The Labute approximate surface area is 179 Å². The van der Waals surface area contributed by atoms with E-state index in [0.29, 0.717) is 34.4 Å². The fourth-order valence-corrected chi connectivity index (χ4v) is 4.64. The molecule has 0 saturated carbocycles. The van der Waals surface area contributed by atoms with Crippen LogP contribution in [-0.4, -0.2) is 28.5 Å². The zero-order valence-electron chi connectivity index (χ0n) is 17.7. The first kappa shape index (κ1) is 21.6. The van der Waals surface area contributed by atoms with Crippen LogP contribution in [-0.2, 0) is 18.3 Å². The van der Waals surface area contributed by atoms with Gasteiger partial charge in [0.25, 0.3) is 0 Å². The number of aryl methyl sites for hydroxylation is 1. The number of alkyl halides is 3. The summed E-state index contributed by atoms with van der Waals surface area (Å²) in [5.74, 6) is 0.664. The first-order chi connectivity index (χ1) is 14.6. The highest BCUT2D eigenvalue weighted by Gasteiger charge is 2.56. The molecule has 3 nitrogen and oxygen atoms in total. The zero-order chi connectivity index (χ0) is 22.3. The maximum absolute atomic E-state index is 14.3. The van der Waals surface area contributed by atoms with E-state index in [1.165, 1.54) is 6.20 Å². The van der Waals surface area contributed by atoms with E-state index >= 15 is 0 Å². The van der Waals surface area contributed by atoms with Crippen molar-refractivity contribution in [3.05, 3.63) is 71.4 Å². The number of rotatable bonds is 5.